The van der Waals surface area contributed by atoms with Crippen molar-refractivity contribution < 1.29 is 5.11 Å². The zero-order valence-electron chi connectivity index (χ0n) is 7.29. The van der Waals surface area contributed by atoms with Crippen LogP contribution in [0, 0.1) is 0 Å². The molecule has 0 aliphatic heterocycles. The summed E-state index contributed by atoms with van der Waals surface area (Å²) < 4.78 is 0. The van der Waals surface area contributed by atoms with Gasteiger partial charge >= 0.3 is 0 Å². The molecular formula is C8H20N2O. The molecule has 3 heteroatoms. The Kier molecular flexibility index (Phi) is 6.51. The van der Waals surface area contributed by atoms with Gasteiger partial charge in [-0.25, -0.2) is 0 Å². The molecular weight excluding hydrogens is 140 g/mol. The molecule has 0 saturated carbocycles. The molecule has 0 aliphatic rings. The minimum atomic E-state index is -0.165. The molecule has 0 amide bonds. The van der Waals surface area contributed by atoms with E-state index in [-0.39, 0.29) is 12.3 Å². The Morgan fingerprint density at radius 2 is 1.64 bits per heavy atom. The van der Waals surface area contributed by atoms with E-state index in [1.165, 1.54) is 0 Å². The maximum atomic E-state index is 8.91. The molecule has 0 saturated heterocycles. The molecule has 0 aromatic rings. The van der Waals surface area contributed by atoms with Crippen LogP contribution in [0.15, 0.2) is 0 Å². The van der Waals surface area contributed by atoms with Gasteiger partial charge in [0.25, 0.3) is 0 Å². The van der Waals surface area contributed by atoms with Crippen molar-refractivity contribution in [1.29, 1.82) is 0 Å². The third-order valence-electron chi connectivity index (χ3n) is 1.66. The fourth-order valence-corrected chi connectivity index (χ4v) is 0.997. The lowest BCUT2D eigenvalue weighted by Gasteiger charge is -2.05. The highest BCUT2D eigenvalue weighted by Crippen LogP contribution is 2.05. The standard InChI is InChI=1S/C8H20N2O/c1-7(11)5-3-2-4-6-8(9)10/h7-8,11H,2-6,9-10H2,1H3. The van der Waals surface area contributed by atoms with E-state index < -0.39 is 0 Å². The molecule has 68 valence electrons. The van der Waals surface area contributed by atoms with Gasteiger partial charge in [0.05, 0.1) is 12.3 Å². The fourth-order valence-electron chi connectivity index (χ4n) is 0.997. The summed E-state index contributed by atoms with van der Waals surface area (Å²) in [6, 6.07) is 0. The van der Waals surface area contributed by atoms with Crippen LogP contribution in [-0.2, 0) is 0 Å². The molecule has 0 radical (unpaired) electrons. The summed E-state index contributed by atoms with van der Waals surface area (Å²) in [4.78, 5) is 0. The quantitative estimate of drug-likeness (QED) is 0.393. The van der Waals surface area contributed by atoms with Crippen LogP contribution in [0.2, 0.25) is 0 Å². The lowest BCUT2D eigenvalue weighted by atomic mass is 10.1. The topological polar surface area (TPSA) is 72.3 Å². The van der Waals surface area contributed by atoms with Crippen LogP contribution in [0.5, 0.6) is 0 Å². The molecule has 1 atom stereocenters. The molecule has 0 aromatic carbocycles. The highest BCUT2D eigenvalue weighted by molar-refractivity contribution is 4.53. The Balaban J connectivity index is 2.91. The van der Waals surface area contributed by atoms with Crippen molar-refractivity contribution in [3.8, 4) is 0 Å². The SMILES string of the molecule is CC(O)CCCCCC(N)N. The molecule has 0 spiro atoms. The molecule has 0 fully saturated rings. The van der Waals surface area contributed by atoms with E-state index in [1.54, 1.807) is 0 Å². The van der Waals surface area contributed by atoms with E-state index in [2.05, 4.69) is 0 Å². The minimum absolute atomic E-state index is 0.165. The zero-order chi connectivity index (χ0) is 8.69. The Morgan fingerprint density at radius 1 is 1.09 bits per heavy atom. The van der Waals surface area contributed by atoms with Crippen LogP contribution in [0.3, 0.4) is 0 Å². The second kappa shape index (κ2) is 6.58. The summed E-state index contributed by atoms with van der Waals surface area (Å²) in [6.45, 7) is 1.81. The third-order valence-corrected chi connectivity index (χ3v) is 1.66. The number of aliphatic hydroxyl groups excluding tert-OH is 1. The minimum Gasteiger partial charge on any atom is -0.393 e. The summed E-state index contributed by atoms with van der Waals surface area (Å²) in [5.41, 5.74) is 10.7. The lowest BCUT2D eigenvalue weighted by Crippen LogP contribution is -2.29. The predicted octanol–water partition coefficient (Wildman–Crippen LogP) is 0.561. The summed E-state index contributed by atoms with van der Waals surface area (Å²) in [6.07, 6.45) is 4.72. The monoisotopic (exact) mass is 160 g/mol. The van der Waals surface area contributed by atoms with Crippen molar-refractivity contribution in [3.05, 3.63) is 0 Å². The lowest BCUT2D eigenvalue weighted by molar-refractivity contribution is 0.180. The van der Waals surface area contributed by atoms with E-state index >= 15 is 0 Å². The average Bonchev–Trinajstić information content (AvgIpc) is 1.85. The Bertz CT molecular complexity index is 74.2. The van der Waals surface area contributed by atoms with Crippen LogP contribution < -0.4 is 11.5 Å². The molecule has 11 heavy (non-hydrogen) atoms. The summed E-state index contributed by atoms with van der Waals surface area (Å²) >= 11 is 0. The highest BCUT2D eigenvalue weighted by atomic mass is 16.3. The predicted molar refractivity (Wildman–Crippen MR) is 46.9 cm³/mol. The van der Waals surface area contributed by atoms with Gasteiger partial charge in [0.2, 0.25) is 0 Å². The van der Waals surface area contributed by atoms with Gasteiger partial charge in [-0.2, -0.15) is 0 Å². The Labute approximate surface area is 68.8 Å². The highest BCUT2D eigenvalue weighted by Gasteiger charge is 1.96. The first-order chi connectivity index (χ1) is 5.13. The van der Waals surface area contributed by atoms with Gasteiger partial charge in [-0.15, -0.1) is 0 Å². The largest absolute Gasteiger partial charge is 0.393 e. The van der Waals surface area contributed by atoms with Crippen molar-refractivity contribution in [2.24, 2.45) is 11.5 Å². The van der Waals surface area contributed by atoms with Crippen LogP contribution in [0.4, 0.5) is 0 Å². The summed E-state index contributed by atoms with van der Waals surface area (Å²) in [7, 11) is 0. The molecule has 1 unspecified atom stereocenters. The number of aliphatic hydroxyl groups is 1. The summed E-state index contributed by atoms with van der Waals surface area (Å²) in [5.74, 6) is 0. The van der Waals surface area contributed by atoms with E-state index in [0.29, 0.717) is 0 Å². The van der Waals surface area contributed by atoms with Crippen molar-refractivity contribution in [2.75, 3.05) is 0 Å². The number of hydrogen-bond donors (Lipinski definition) is 3. The maximum absolute atomic E-state index is 8.91. The average molecular weight is 160 g/mol. The van der Waals surface area contributed by atoms with Crippen LogP contribution in [0.25, 0.3) is 0 Å². The zero-order valence-corrected chi connectivity index (χ0v) is 7.29. The maximum Gasteiger partial charge on any atom is 0.0520 e. The van der Waals surface area contributed by atoms with Crippen molar-refractivity contribution in [2.45, 2.75) is 51.3 Å². The van der Waals surface area contributed by atoms with Crippen LogP contribution in [-0.4, -0.2) is 17.4 Å². The van der Waals surface area contributed by atoms with E-state index in [1.807, 2.05) is 6.92 Å². The number of unbranched alkanes of at least 4 members (excludes halogenated alkanes) is 2. The first-order valence-corrected chi connectivity index (χ1v) is 4.32. The molecule has 0 bridgehead atoms. The normalized spacial score (nSPS) is 13.9. The Hall–Kier alpha value is -0.120. The van der Waals surface area contributed by atoms with Crippen LogP contribution >= 0.6 is 0 Å². The van der Waals surface area contributed by atoms with Gasteiger partial charge in [-0.3, -0.25) is 0 Å². The molecule has 0 aromatic heterocycles. The number of rotatable bonds is 6. The molecule has 0 rings (SSSR count). The second-order valence-electron chi connectivity index (χ2n) is 3.15. The van der Waals surface area contributed by atoms with E-state index in [0.717, 1.165) is 32.1 Å². The molecule has 0 aliphatic carbocycles. The first-order valence-electron chi connectivity index (χ1n) is 4.32. The van der Waals surface area contributed by atoms with E-state index in [9.17, 15) is 0 Å². The van der Waals surface area contributed by atoms with Gasteiger partial charge in [0, 0.05) is 0 Å². The van der Waals surface area contributed by atoms with Gasteiger partial charge in [-0.1, -0.05) is 19.3 Å². The van der Waals surface area contributed by atoms with Crippen LogP contribution in [0.1, 0.15) is 39.0 Å². The number of hydrogen-bond acceptors (Lipinski definition) is 3. The van der Waals surface area contributed by atoms with Gasteiger partial charge in [-0.05, 0) is 19.8 Å². The smallest absolute Gasteiger partial charge is 0.0520 e. The summed E-state index contributed by atoms with van der Waals surface area (Å²) in [5, 5.41) is 8.91. The van der Waals surface area contributed by atoms with Gasteiger partial charge < -0.3 is 16.6 Å². The van der Waals surface area contributed by atoms with Gasteiger partial charge in [0.15, 0.2) is 0 Å². The fraction of sp³-hybridized carbons (Fsp3) is 1.00. The first kappa shape index (κ1) is 10.9. The van der Waals surface area contributed by atoms with Crippen molar-refractivity contribution >= 4 is 0 Å². The molecule has 3 nitrogen and oxygen atoms in total. The second-order valence-corrected chi connectivity index (χ2v) is 3.15. The molecule has 0 heterocycles. The van der Waals surface area contributed by atoms with Crippen molar-refractivity contribution in [1.82, 2.24) is 0 Å². The molecule has 5 N–H and O–H groups in total. The van der Waals surface area contributed by atoms with Gasteiger partial charge in [0.1, 0.15) is 0 Å². The third kappa shape index (κ3) is 9.88. The van der Waals surface area contributed by atoms with Crippen molar-refractivity contribution in [3.63, 3.8) is 0 Å². The number of nitrogens with two attached hydrogens (primary N) is 2. The van der Waals surface area contributed by atoms with E-state index in [4.69, 9.17) is 16.6 Å². The Morgan fingerprint density at radius 3 is 2.09 bits per heavy atom.